The predicted octanol–water partition coefficient (Wildman–Crippen LogP) is 3.76. The second kappa shape index (κ2) is 3.92. The summed E-state index contributed by atoms with van der Waals surface area (Å²) in [6, 6.07) is 4.73. The van der Waals surface area contributed by atoms with Gasteiger partial charge in [-0.3, -0.25) is 0 Å². The Morgan fingerprint density at radius 2 is 2.14 bits per heavy atom. The summed E-state index contributed by atoms with van der Waals surface area (Å²) in [5, 5.41) is 7.87. The Morgan fingerprint density at radius 3 is 2.71 bits per heavy atom. The van der Waals surface area contributed by atoms with Crippen molar-refractivity contribution in [3.63, 3.8) is 0 Å². The molecule has 0 aliphatic carbocycles. The SMILES string of the molecule is Fc1cccc(Br)c1-c1nnc(Cl)s1. The highest BCUT2D eigenvalue weighted by Crippen LogP contribution is 2.33. The molecule has 0 saturated heterocycles. The van der Waals surface area contributed by atoms with Crippen molar-refractivity contribution in [2.45, 2.75) is 0 Å². The van der Waals surface area contributed by atoms with Crippen LogP contribution in [0.4, 0.5) is 4.39 Å². The molecule has 6 heteroatoms. The number of rotatable bonds is 1. The van der Waals surface area contributed by atoms with E-state index >= 15 is 0 Å². The Hall–Kier alpha value is -0.520. The molecular weight excluding hydrogens is 291 g/mol. The molecule has 0 radical (unpaired) electrons. The van der Waals surface area contributed by atoms with Crippen LogP contribution in [0.5, 0.6) is 0 Å². The monoisotopic (exact) mass is 292 g/mol. The zero-order valence-electron chi connectivity index (χ0n) is 6.67. The molecule has 1 heterocycles. The number of halogens is 3. The quantitative estimate of drug-likeness (QED) is 0.800. The Balaban J connectivity index is 2.61. The zero-order chi connectivity index (χ0) is 10.1. The lowest BCUT2D eigenvalue weighted by Crippen LogP contribution is -1.84. The highest BCUT2D eigenvalue weighted by Gasteiger charge is 2.13. The van der Waals surface area contributed by atoms with Gasteiger partial charge in [0.15, 0.2) is 5.01 Å². The van der Waals surface area contributed by atoms with E-state index in [4.69, 9.17) is 11.6 Å². The second-order valence-corrected chi connectivity index (χ2v) is 4.87. The summed E-state index contributed by atoms with van der Waals surface area (Å²) in [6.45, 7) is 0. The molecular formula is C8H3BrClFN2S. The molecule has 2 rings (SSSR count). The van der Waals surface area contributed by atoms with Gasteiger partial charge in [0.05, 0.1) is 5.56 Å². The van der Waals surface area contributed by atoms with Crippen molar-refractivity contribution in [1.29, 1.82) is 0 Å². The molecule has 1 aromatic carbocycles. The standard InChI is InChI=1S/C8H3BrClFN2S/c9-4-2-1-3-5(11)6(4)7-12-13-8(10)14-7/h1-3H. The Bertz CT molecular complexity index is 454. The minimum Gasteiger partial charge on any atom is -0.206 e. The van der Waals surface area contributed by atoms with E-state index in [0.717, 1.165) is 11.3 Å². The van der Waals surface area contributed by atoms with Crippen molar-refractivity contribution < 1.29 is 4.39 Å². The van der Waals surface area contributed by atoms with Gasteiger partial charge in [-0.05, 0) is 39.7 Å². The van der Waals surface area contributed by atoms with Gasteiger partial charge in [0.1, 0.15) is 5.82 Å². The van der Waals surface area contributed by atoms with Crippen molar-refractivity contribution in [3.05, 3.63) is 33.0 Å². The maximum Gasteiger partial charge on any atom is 0.207 e. The molecule has 1 aromatic heterocycles. The van der Waals surface area contributed by atoms with Crippen LogP contribution in [0.2, 0.25) is 4.47 Å². The average molecular weight is 294 g/mol. The molecule has 0 amide bonds. The number of hydrogen-bond acceptors (Lipinski definition) is 3. The number of aromatic nitrogens is 2. The largest absolute Gasteiger partial charge is 0.207 e. The van der Waals surface area contributed by atoms with Gasteiger partial charge in [-0.15, -0.1) is 10.2 Å². The molecule has 0 spiro atoms. The molecule has 2 nitrogen and oxygen atoms in total. The fourth-order valence-corrected chi connectivity index (χ4v) is 2.56. The Labute approximate surface area is 96.9 Å². The maximum atomic E-state index is 13.4. The number of benzene rings is 1. The van der Waals surface area contributed by atoms with Gasteiger partial charge in [-0.1, -0.05) is 17.4 Å². The summed E-state index contributed by atoms with van der Waals surface area (Å²) in [5.74, 6) is -0.341. The topological polar surface area (TPSA) is 25.8 Å². The van der Waals surface area contributed by atoms with E-state index in [-0.39, 0.29) is 5.82 Å². The number of nitrogens with zero attached hydrogens (tertiary/aromatic N) is 2. The molecule has 0 aliphatic rings. The van der Waals surface area contributed by atoms with Crippen LogP contribution in [0.15, 0.2) is 22.7 Å². The van der Waals surface area contributed by atoms with Gasteiger partial charge >= 0.3 is 0 Å². The van der Waals surface area contributed by atoms with Gasteiger partial charge in [0.2, 0.25) is 4.47 Å². The van der Waals surface area contributed by atoms with Gasteiger partial charge in [-0.2, -0.15) is 0 Å². The molecule has 0 fully saturated rings. The van der Waals surface area contributed by atoms with Gasteiger partial charge < -0.3 is 0 Å². The van der Waals surface area contributed by atoms with Crippen molar-refractivity contribution in [2.75, 3.05) is 0 Å². The second-order valence-electron chi connectivity index (χ2n) is 2.46. The van der Waals surface area contributed by atoms with Gasteiger partial charge in [0, 0.05) is 4.47 Å². The zero-order valence-corrected chi connectivity index (χ0v) is 9.83. The third-order valence-corrected chi connectivity index (χ3v) is 3.27. The minimum absolute atomic E-state index is 0.301. The molecule has 14 heavy (non-hydrogen) atoms. The summed E-state index contributed by atoms with van der Waals surface area (Å²) in [7, 11) is 0. The Morgan fingerprint density at radius 1 is 1.36 bits per heavy atom. The van der Waals surface area contributed by atoms with E-state index in [0.29, 0.717) is 19.5 Å². The summed E-state index contributed by atoms with van der Waals surface area (Å²) < 4.78 is 14.4. The first kappa shape index (κ1) is 10.0. The molecule has 0 bridgehead atoms. The molecule has 0 saturated carbocycles. The average Bonchev–Trinajstić information content (AvgIpc) is 2.51. The molecule has 0 aliphatic heterocycles. The summed E-state index contributed by atoms with van der Waals surface area (Å²) in [6.07, 6.45) is 0. The van der Waals surface area contributed by atoms with E-state index in [1.54, 1.807) is 12.1 Å². The molecule has 2 aromatic rings. The van der Waals surface area contributed by atoms with Crippen molar-refractivity contribution >= 4 is 38.9 Å². The lowest BCUT2D eigenvalue weighted by Gasteiger charge is -2.00. The minimum atomic E-state index is -0.341. The first-order valence-corrected chi connectivity index (χ1v) is 5.60. The van der Waals surface area contributed by atoms with Crippen molar-refractivity contribution in [2.24, 2.45) is 0 Å². The van der Waals surface area contributed by atoms with Crippen LogP contribution >= 0.6 is 38.9 Å². The third-order valence-electron chi connectivity index (χ3n) is 1.58. The molecule has 0 N–H and O–H groups in total. The first-order chi connectivity index (χ1) is 6.68. The van der Waals surface area contributed by atoms with E-state index in [2.05, 4.69) is 26.1 Å². The third kappa shape index (κ3) is 1.80. The van der Waals surface area contributed by atoms with E-state index in [1.807, 2.05) is 0 Å². The van der Waals surface area contributed by atoms with Gasteiger partial charge in [0.25, 0.3) is 0 Å². The van der Waals surface area contributed by atoms with Crippen LogP contribution in [-0.4, -0.2) is 10.2 Å². The fraction of sp³-hybridized carbons (Fsp3) is 0. The van der Waals surface area contributed by atoms with Crippen LogP contribution in [0.3, 0.4) is 0 Å². The van der Waals surface area contributed by atoms with E-state index in [9.17, 15) is 4.39 Å². The smallest absolute Gasteiger partial charge is 0.206 e. The van der Waals surface area contributed by atoms with E-state index < -0.39 is 0 Å². The maximum absolute atomic E-state index is 13.4. The number of hydrogen-bond donors (Lipinski definition) is 0. The highest BCUT2D eigenvalue weighted by molar-refractivity contribution is 9.10. The van der Waals surface area contributed by atoms with Gasteiger partial charge in [-0.25, -0.2) is 4.39 Å². The lowest BCUT2D eigenvalue weighted by atomic mass is 10.2. The van der Waals surface area contributed by atoms with Crippen LogP contribution in [0, 0.1) is 5.82 Å². The summed E-state index contributed by atoms with van der Waals surface area (Å²) >= 11 is 10.0. The lowest BCUT2D eigenvalue weighted by molar-refractivity contribution is 0.630. The van der Waals surface area contributed by atoms with Crippen LogP contribution < -0.4 is 0 Å². The predicted molar refractivity (Wildman–Crippen MR) is 58.0 cm³/mol. The summed E-state index contributed by atoms with van der Waals surface area (Å²) in [5.41, 5.74) is 0.400. The highest BCUT2D eigenvalue weighted by atomic mass is 79.9. The van der Waals surface area contributed by atoms with Crippen LogP contribution in [0.1, 0.15) is 0 Å². The molecule has 0 atom stereocenters. The normalized spacial score (nSPS) is 10.5. The van der Waals surface area contributed by atoms with Crippen molar-refractivity contribution in [1.82, 2.24) is 10.2 Å². The van der Waals surface area contributed by atoms with Crippen LogP contribution in [-0.2, 0) is 0 Å². The molecule has 72 valence electrons. The molecule has 0 unspecified atom stereocenters. The first-order valence-electron chi connectivity index (χ1n) is 3.62. The van der Waals surface area contributed by atoms with Crippen molar-refractivity contribution in [3.8, 4) is 10.6 Å². The Kier molecular flexibility index (Phi) is 2.80. The fourth-order valence-electron chi connectivity index (χ4n) is 1.01. The van der Waals surface area contributed by atoms with Crippen LogP contribution in [0.25, 0.3) is 10.6 Å². The summed E-state index contributed by atoms with van der Waals surface area (Å²) in [4.78, 5) is 0. The van der Waals surface area contributed by atoms with E-state index in [1.165, 1.54) is 6.07 Å².